The minimum absolute atomic E-state index is 0.0366. The van der Waals surface area contributed by atoms with Gasteiger partial charge in [-0.1, -0.05) is 58.5 Å². The average molecular weight is 1300 g/mol. The van der Waals surface area contributed by atoms with E-state index >= 15 is 0 Å². The second-order valence-corrected chi connectivity index (χ2v) is 29.1. The highest BCUT2D eigenvalue weighted by Crippen LogP contribution is 2.41. The van der Waals surface area contributed by atoms with E-state index in [-0.39, 0.29) is 22.3 Å². The third-order valence-electron chi connectivity index (χ3n) is 16.5. The zero-order valence-electron chi connectivity index (χ0n) is 47.1. The van der Waals surface area contributed by atoms with Crippen LogP contribution in [-0.2, 0) is 32.4 Å². The van der Waals surface area contributed by atoms with Crippen molar-refractivity contribution in [2.45, 2.75) is 102 Å². The fraction of sp³-hybridized carbons (Fsp3) is 0.593. The second-order valence-electron chi connectivity index (χ2n) is 22.8. The third-order valence-corrected chi connectivity index (χ3v) is 21.3. The number of aromatic nitrogens is 8. The molecule has 4 atom stereocenters. The van der Waals surface area contributed by atoms with Gasteiger partial charge in [0.05, 0.1) is 35.0 Å². The van der Waals surface area contributed by atoms with E-state index in [9.17, 15) is 43.2 Å². The molecule has 30 heteroatoms. The predicted octanol–water partition coefficient (Wildman–Crippen LogP) is 10.5. The molecule has 4 aliphatic heterocycles. The summed E-state index contributed by atoms with van der Waals surface area (Å²) in [7, 11) is -6.58. The van der Waals surface area contributed by atoms with E-state index in [1.54, 1.807) is 77.9 Å². The van der Waals surface area contributed by atoms with Gasteiger partial charge in [-0.15, -0.1) is 0 Å². The van der Waals surface area contributed by atoms with Crippen LogP contribution in [0.1, 0.15) is 102 Å². The molecule has 4 aromatic heterocycles. The third kappa shape index (κ3) is 14.4. The highest BCUT2D eigenvalue weighted by molar-refractivity contribution is 7.90. The SMILES string of the molecule is CC(C)S(=O)(=O)NCCN1CCC[C@@H](C2CN(c3cnc4c(C(F)(F)F)nn([C@H](C)c5ccc(Cl)cc5Cl)c4n3)C2)C1.CC(C)S(=O)(=O)NCCN1CCC[C@H](C2CN(c3cnc4c(C(F)(F)F)nn([C@H](C)c5ccc(Cl)cc5Cl)c4n3)C2)C1. The summed E-state index contributed by atoms with van der Waals surface area (Å²) in [5, 5.41) is 8.35. The van der Waals surface area contributed by atoms with Crippen molar-refractivity contribution in [1.29, 1.82) is 0 Å². The normalized spacial score (nSPS) is 19.9. The summed E-state index contributed by atoms with van der Waals surface area (Å²) in [6.07, 6.45) is -2.40. The molecule has 6 aromatic rings. The van der Waals surface area contributed by atoms with Gasteiger partial charge in [0.15, 0.2) is 22.7 Å². The maximum absolute atomic E-state index is 13.9. The molecule has 0 radical (unpaired) electrons. The van der Waals surface area contributed by atoms with Gasteiger partial charge in [-0.2, -0.15) is 36.5 Å². The van der Waals surface area contributed by atoms with Crippen LogP contribution >= 0.6 is 46.4 Å². The van der Waals surface area contributed by atoms with Crippen LogP contribution in [0.5, 0.6) is 0 Å². The van der Waals surface area contributed by atoms with Gasteiger partial charge in [0, 0.05) is 85.5 Å². The number of sulfonamides is 2. The number of rotatable bonds is 18. The van der Waals surface area contributed by atoms with Gasteiger partial charge in [-0.05, 0) is 139 Å². The molecule has 0 bridgehead atoms. The molecule has 0 aliphatic carbocycles. The highest BCUT2D eigenvalue weighted by atomic mass is 35.5. The fourth-order valence-corrected chi connectivity index (χ4v) is 13.9. The summed E-state index contributed by atoms with van der Waals surface area (Å²) in [4.78, 5) is 26.2. The maximum Gasteiger partial charge on any atom is 0.437 e. The summed E-state index contributed by atoms with van der Waals surface area (Å²) in [5.74, 6) is 2.70. The van der Waals surface area contributed by atoms with Crippen LogP contribution < -0.4 is 19.2 Å². The lowest BCUT2D eigenvalue weighted by molar-refractivity contribution is -0.141. The first-order valence-corrected chi connectivity index (χ1v) is 32.6. The summed E-state index contributed by atoms with van der Waals surface area (Å²) >= 11 is 24.8. The Kier molecular flexibility index (Phi) is 19.7. The number of likely N-dealkylation sites (tertiary alicyclic amines) is 2. The number of halogens is 10. The van der Waals surface area contributed by atoms with Crippen LogP contribution in [0.3, 0.4) is 0 Å². The largest absolute Gasteiger partial charge is 0.437 e. The molecular weight excluding hydrogens is 1230 g/mol. The van der Waals surface area contributed by atoms with E-state index in [2.05, 4.69) is 49.4 Å². The van der Waals surface area contributed by atoms with Crippen molar-refractivity contribution in [2.75, 3.05) is 88.3 Å². The molecule has 0 spiro atoms. The van der Waals surface area contributed by atoms with Crippen LogP contribution in [0.2, 0.25) is 20.1 Å². The summed E-state index contributed by atoms with van der Waals surface area (Å²) in [6.45, 7) is 18.6. The number of hydrogen-bond donors (Lipinski definition) is 2. The Labute approximate surface area is 505 Å². The number of benzene rings is 2. The molecule has 2 N–H and O–H groups in total. The van der Waals surface area contributed by atoms with Crippen molar-refractivity contribution < 1.29 is 43.2 Å². The molecule has 18 nitrogen and oxygen atoms in total. The molecule has 0 unspecified atom stereocenters. The van der Waals surface area contributed by atoms with E-state index < -0.39 is 66.4 Å². The number of alkyl halides is 6. The highest BCUT2D eigenvalue weighted by Gasteiger charge is 2.43. The van der Waals surface area contributed by atoms with Gasteiger partial charge in [-0.25, -0.2) is 55.6 Å². The topological polar surface area (TPSA) is 192 Å². The Morgan fingerprint density at radius 2 is 0.929 bits per heavy atom. The zero-order chi connectivity index (χ0) is 60.8. The Bertz CT molecular complexity index is 3320. The van der Waals surface area contributed by atoms with E-state index in [1.165, 1.54) is 21.8 Å². The monoisotopic (exact) mass is 1290 g/mol. The quantitative estimate of drug-likeness (QED) is 0.0772. The molecule has 460 valence electrons. The van der Waals surface area contributed by atoms with Gasteiger partial charge in [0.1, 0.15) is 22.7 Å². The fourth-order valence-electron chi connectivity index (χ4n) is 11.3. The van der Waals surface area contributed by atoms with Crippen LogP contribution in [-0.4, -0.2) is 155 Å². The smallest absolute Gasteiger partial charge is 0.355 e. The second kappa shape index (κ2) is 25.8. The number of hydrogen-bond acceptors (Lipinski definition) is 14. The van der Waals surface area contributed by atoms with Crippen LogP contribution in [0.25, 0.3) is 22.3 Å². The van der Waals surface area contributed by atoms with Gasteiger partial charge < -0.3 is 19.6 Å². The van der Waals surface area contributed by atoms with E-state index in [4.69, 9.17) is 46.4 Å². The van der Waals surface area contributed by atoms with Crippen molar-refractivity contribution >= 4 is 100 Å². The van der Waals surface area contributed by atoms with Crippen molar-refractivity contribution in [3.8, 4) is 0 Å². The van der Waals surface area contributed by atoms with Gasteiger partial charge in [0.25, 0.3) is 0 Å². The molecule has 4 saturated heterocycles. The number of piperidine rings is 2. The van der Waals surface area contributed by atoms with Crippen molar-refractivity contribution in [3.05, 3.63) is 91.4 Å². The van der Waals surface area contributed by atoms with Crippen LogP contribution in [0.4, 0.5) is 38.0 Å². The minimum Gasteiger partial charge on any atom is -0.355 e. The molecule has 0 amide bonds. The number of fused-ring (bicyclic) bond motifs is 2. The number of nitrogens with one attached hydrogen (secondary N) is 2. The van der Waals surface area contributed by atoms with E-state index in [0.29, 0.717) is 92.7 Å². The van der Waals surface area contributed by atoms with Crippen LogP contribution in [0.15, 0.2) is 48.8 Å². The van der Waals surface area contributed by atoms with Crippen molar-refractivity contribution in [1.82, 2.24) is 58.7 Å². The van der Waals surface area contributed by atoms with Gasteiger partial charge in [-0.3, -0.25) is 0 Å². The zero-order valence-corrected chi connectivity index (χ0v) is 51.8. The lowest BCUT2D eigenvalue weighted by Gasteiger charge is -2.47. The Balaban J connectivity index is 0.000000202. The molecule has 84 heavy (non-hydrogen) atoms. The first kappa shape index (κ1) is 64.1. The van der Waals surface area contributed by atoms with E-state index in [0.717, 1.165) is 78.0 Å². The molecule has 4 fully saturated rings. The Morgan fingerprint density at radius 1 is 0.560 bits per heavy atom. The summed E-state index contributed by atoms with van der Waals surface area (Å²) in [6, 6.07) is 8.37. The van der Waals surface area contributed by atoms with Gasteiger partial charge in [0.2, 0.25) is 20.0 Å². The number of anilines is 2. The van der Waals surface area contributed by atoms with E-state index in [1.807, 2.05) is 9.80 Å². The van der Waals surface area contributed by atoms with Gasteiger partial charge >= 0.3 is 12.4 Å². The lowest BCUT2D eigenvalue weighted by atomic mass is 9.80. The predicted molar refractivity (Wildman–Crippen MR) is 315 cm³/mol. The molecule has 8 heterocycles. The van der Waals surface area contributed by atoms with Crippen molar-refractivity contribution in [2.24, 2.45) is 23.7 Å². The first-order valence-electron chi connectivity index (χ1n) is 27.9. The maximum atomic E-state index is 13.9. The Hall–Kier alpha value is -4.38. The minimum atomic E-state index is -4.70. The first-order chi connectivity index (χ1) is 39.5. The average Bonchev–Trinajstić information content (AvgIpc) is 1.87. The molecular formula is C54H68Cl4F6N14O4S2. The Morgan fingerprint density at radius 3 is 1.26 bits per heavy atom. The molecule has 0 saturated carbocycles. The standard InChI is InChI=1S/2C27H34Cl2F3N7O2S/c2*1-16(2)42(40,41)34-8-10-37-9-4-5-18(13-37)19-14-38(15-19)23-12-33-24-25(27(30,31)32)36-39(26(24)35-23)17(3)21-7-6-20(28)11-22(21)29/h2*6-7,11-12,16-19,34H,4-5,8-10,13-15H2,1-3H3/t17-,18+;17-,18-/m11/s1. The molecule has 10 rings (SSSR count). The molecule has 2 aromatic carbocycles. The van der Waals surface area contributed by atoms with Crippen LogP contribution in [0, 0.1) is 23.7 Å². The van der Waals surface area contributed by atoms with Crippen molar-refractivity contribution in [3.63, 3.8) is 0 Å². The molecule has 4 aliphatic rings. The lowest BCUT2D eigenvalue weighted by Crippen LogP contribution is -2.54. The number of nitrogens with zero attached hydrogens (tertiary/aromatic N) is 12. The summed E-state index contributed by atoms with van der Waals surface area (Å²) < 4.78 is 139. The summed E-state index contributed by atoms with van der Waals surface area (Å²) in [5.41, 5.74) is -1.60.